The summed E-state index contributed by atoms with van der Waals surface area (Å²) in [4.78, 5) is 12.3. The first-order valence-corrected chi connectivity index (χ1v) is 7.99. The fraction of sp³-hybridized carbons (Fsp3) is 0.316. The molecular weight excluding hydrogens is 344 g/mol. The summed E-state index contributed by atoms with van der Waals surface area (Å²) < 4.78 is 39.7. The van der Waals surface area contributed by atoms with E-state index in [1.165, 1.54) is 6.07 Å². The number of halogens is 2. The molecule has 0 saturated heterocycles. The van der Waals surface area contributed by atoms with Gasteiger partial charge in [-0.25, -0.2) is 0 Å². The fourth-order valence-electron chi connectivity index (χ4n) is 2.51. The third kappa shape index (κ3) is 5.08. The van der Waals surface area contributed by atoms with Crippen LogP contribution in [0.25, 0.3) is 0 Å². The number of nitrogens with one attached hydrogen (secondary N) is 1. The van der Waals surface area contributed by atoms with Crippen LogP contribution in [0.4, 0.5) is 14.5 Å². The first-order valence-electron chi connectivity index (χ1n) is 7.99. The van der Waals surface area contributed by atoms with Crippen molar-refractivity contribution in [1.82, 2.24) is 0 Å². The lowest BCUT2D eigenvalue weighted by molar-refractivity contribution is -0.116. The molecule has 26 heavy (non-hydrogen) atoms. The smallest absolute Gasteiger partial charge is 0.387 e. The van der Waals surface area contributed by atoms with Crippen LogP contribution in [0.3, 0.4) is 0 Å². The van der Waals surface area contributed by atoms with Crippen LogP contribution >= 0.6 is 0 Å². The zero-order valence-corrected chi connectivity index (χ0v) is 14.8. The molecule has 1 N–H and O–H groups in total. The molecule has 5 nitrogen and oxygen atoms in total. The van der Waals surface area contributed by atoms with Gasteiger partial charge in [0.1, 0.15) is 17.2 Å². The number of hydrogen-bond donors (Lipinski definition) is 1. The highest BCUT2D eigenvalue weighted by Crippen LogP contribution is 2.28. The minimum atomic E-state index is -2.92. The number of amides is 1. The molecule has 0 bridgehead atoms. The van der Waals surface area contributed by atoms with Gasteiger partial charge < -0.3 is 19.5 Å². The Morgan fingerprint density at radius 1 is 1.12 bits per heavy atom. The number of carbonyl (C=O) groups is 1. The lowest BCUT2D eigenvalue weighted by Gasteiger charge is -2.13. The molecule has 0 aliphatic rings. The summed E-state index contributed by atoms with van der Waals surface area (Å²) in [5.41, 5.74) is 1.72. The van der Waals surface area contributed by atoms with E-state index in [0.717, 1.165) is 5.56 Å². The van der Waals surface area contributed by atoms with Gasteiger partial charge in [-0.3, -0.25) is 4.79 Å². The van der Waals surface area contributed by atoms with E-state index in [1.807, 2.05) is 6.07 Å². The average Bonchev–Trinajstić information content (AvgIpc) is 2.62. The number of ether oxygens (including phenoxy) is 3. The Labute approximate surface area is 150 Å². The number of aryl methyl sites for hydroxylation is 1. The molecule has 0 fully saturated rings. The van der Waals surface area contributed by atoms with Gasteiger partial charge in [-0.1, -0.05) is 6.07 Å². The van der Waals surface area contributed by atoms with E-state index in [-0.39, 0.29) is 18.1 Å². The molecule has 140 valence electrons. The minimum absolute atomic E-state index is 0.0345. The average molecular weight is 365 g/mol. The van der Waals surface area contributed by atoms with Crippen molar-refractivity contribution in [3.8, 4) is 17.2 Å². The number of rotatable bonds is 8. The van der Waals surface area contributed by atoms with Crippen LogP contribution in [-0.2, 0) is 11.2 Å². The van der Waals surface area contributed by atoms with Gasteiger partial charge in [0.25, 0.3) is 0 Å². The number of anilines is 1. The van der Waals surface area contributed by atoms with E-state index in [4.69, 9.17) is 9.47 Å². The van der Waals surface area contributed by atoms with E-state index in [9.17, 15) is 13.6 Å². The lowest BCUT2D eigenvalue weighted by atomic mass is 10.1. The largest absolute Gasteiger partial charge is 0.497 e. The molecule has 1 amide bonds. The van der Waals surface area contributed by atoms with Crippen LogP contribution in [0, 0.1) is 6.92 Å². The summed E-state index contributed by atoms with van der Waals surface area (Å²) in [6.07, 6.45) is 0.640. The highest BCUT2D eigenvalue weighted by Gasteiger charge is 2.13. The van der Waals surface area contributed by atoms with Crippen LogP contribution in [0.5, 0.6) is 17.2 Å². The van der Waals surface area contributed by atoms with E-state index in [2.05, 4.69) is 10.1 Å². The Bertz CT molecular complexity index is 765. The Hall–Kier alpha value is -2.83. The zero-order valence-electron chi connectivity index (χ0n) is 14.8. The van der Waals surface area contributed by atoms with Crippen LogP contribution < -0.4 is 19.5 Å². The summed E-state index contributed by atoms with van der Waals surface area (Å²) in [5.74, 6) is 1.13. The molecule has 0 radical (unpaired) electrons. The van der Waals surface area contributed by atoms with Crippen LogP contribution in [0.1, 0.15) is 17.5 Å². The summed E-state index contributed by atoms with van der Waals surface area (Å²) in [6, 6.07) is 9.98. The van der Waals surface area contributed by atoms with Gasteiger partial charge in [-0.15, -0.1) is 0 Å². The van der Waals surface area contributed by atoms with Crippen molar-refractivity contribution in [2.24, 2.45) is 0 Å². The fourth-order valence-corrected chi connectivity index (χ4v) is 2.51. The molecule has 2 rings (SSSR count). The molecule has 0 aliphatic heterocycles. The molecule has 7 heteroatoms. The quantitative estimate of drug-likeness (QED) is 0.762. The second-order valence-electron chi connectivity index (χ2n) is 5.53. The number of hydrogen-bond acceptors (Lipinski definition) is 4. The minimum Gasteiger partial charge on any atom is -0.497 e. The van der Waals surface area contributed by atoms with E-state index >= 15 is 0 Å². The van der Waals surface area contributed by atoms with Crippen molar-refractivity contribution in [2.75, 3.05) is 19.5 Å². The number of alkyl halides is 2. The molecule has 0 unspecified atom stereocenters. The van der Waals surface area contributed by atoms with Crippen molar-refractivity contribution in [1.29, 1.82) is 0 Å². The first kappa shape index (κ1) is 19.5. The van der Waals surface area contributed by atoms with Gasteiger partial charge in [0.2, 0.25) is 5.91 Å². The molecule has 0 heterocycles. The van der Waals surface area contributed by atoms with Gasteiger partial charge in [0.05, 0.1) is 14.2 Å². The predicted molar refractivity (Wildman–Crippen MR) is 94.3 cm³/mol. The van der Waals surface area contributed by atoms with Crippen LogP contribution in [-0.4, -0.2) is 26.7 Å². The van der Waals surface area contributed by atoms with E-state index < -0.39 is 6.61 Å². The second kappa shape index (κ2) is 9.03. The highest BCUT2D eigenvalue weighted by atomic mass is 19.3. The highest BCUT2D eigenvalue weighted by molar-refractivity contribution is 5.92. The molecule has 0 spiro atoms. The monoisotopic (exact) mass is 365 g/mol. The standard InChI is InChI=1S/C19H21F2NO4/c1-12-15(5-4-6-16(12)26-19(20)21)22-18(23)10-7-13-11-14(24-2)8-9-17(13)25-3/h4-6,8-9,11,19H,7,10H2,1-3H3,(H,22,23). The van der Waals surface area contributed by atoms with E-state index in [0.29, 0.717) is 29.2 Å². The van der Waals surface area contributed by atoms with E-state index in [1.54, 1.807) is 45.4 Å². The Morgan fingerprint density at radius 3 is 2.54 bits per heavy atom. The van der Waals surface area contributed by atoms with Crippen LogP contribution in [0.2, 0.25) is 0 Å². The summed E-state index contributed by atoms with van der Waals surface area (Å²) >= 11 is 0. The van der Waals surface area contributed by atoms with Gasteiger partial charge in [-0.05, 0) is 49.2 Å². The molecule has 2 aromatic rings. The van der Waals surface area contributed by atoms with Crippen molar-refractivity contribution < 1.29 is 27.8 Å². The van der Waals surface area contributed by atoms with Crippen LogP contribution in [0.15, 0.2) is 36.4 Å². The summed E-state index contributed by atoms with van der Waals surface area (Å²) in [5, 5.41) is 2.72. The van der Waals surface area contributed by atoms with Crippen molar-refractivity contribution in [3.05, 3.63) is 47.5 Å². The molecule has 2 aromatic carbocycles. The van der Waals surface area contributed by atoms with Crippen molar-refractivity contribution >= 4 is 11.6 Å². The van der Waals surface area contributed by atoms with Gasteiger partial charge in [-0.2, -0.15) is 8.78 Å². The predicted octanol–water partition coefficient (Wildman–Crippen LogP) is 4.18. The van der Waals surface area contributed by atoms with Gasteiger partial charge >= 0.3 is 6.61 Å². The van der Waals surface area contributed by atoms with Crippen molar-refractivity contribution in [3.63, 3.8) is 0 Å². The Morgan fingerprint density at radius 2 is 1.88 bits per heavy atom. The van der Waals surface area contributed by atoms with Crippen molar-refractivity contribution in [2.45, 2.75) is 26.4 Å². The molecular formula is C19H21F2NO4. The maximum Gasteiger partial charge on any atom is 0.387 e. The Kier molecular flexibility index (Phi) is 6.77. The maximum atomic E-state index is 12.4. The number of benzene rings is 2. The zero-order chi connectivity index (χ0) is 19.1. The van der Waals surface area contributed by atoms with Gasteiger partial charge in [0, 0.05) is 17.7 Å². The molecule has 0 saturated carbocycles. The maximum absolute atomic E-state index is 12.4. The second-order valence-corrected chi connectivity index (χ2v) is 5.53. The normalized spacial score (nSPS) is 10.5. The third-order valence-electron chi connectivity index (χ3n) is 3.88. The van der Waals surface area contributed by atoms with Gasteiger partial charge in [0.15, 0.2) is 0 Å². The SMILES string of the molecule is COc1ccc(OC)c(CCC(=O)Nc2cccc(OC(F)F)c2C)c1. The first-order chi connectivity index (χ1) is 12.4. The topological polar surface area (TPSA) is 56.8 Å². The third-order valence-corrected chi connectivity index (χ3v) is 3.88. The Balaban J connectivity index is 2.04. The lowest BCUT2D eigenvalue weighted by Crippen LogP contribution is -2.14. The molecule has 0 aliphatic carbocycles. The summed E-state index contributed by atoms with van der Waals surface area (Å²) in [7, 11) is 3.12. The summed E-state index contributed by atoms with van der Waals surface area (Å²) in [6.45, 7) is -1.31. The number of methoxy groups -OCH3 is 2. The number of carbonyl (C=O) groups excluding carboxylic acids is 1. The molecule has 0 aromatic heterocycles. The molecule has 0 atom stereocenters.